The maximum atomic E-state index is 8.95. The maximum Gasteiger partial charge on any atom is 0.130 e. The SMILES string of the molecule is Cc1[nH]c2ccc(C#N)cc2c1C1=NCCN1. The summed E-state index contributed by atoms with van der Waals surface area (Å²) < 4.78 is 0. The minimum absolute atomic E-state index is 0.677. The van der Waals surface area contributed by atoms with Crippen molar-refractivity contribution in [3.63, 3.8) is 0 Å². The Morgan fingerprint density at radius 2 is 2.29 bits per heavy atom. The van der Waals surface area contributed by atoms with Crippen LogP contribution in [0.5, 0.6) is 0 Å². The number of aromatic amines is 1. The number of aliphatic imine (C=N–C) groups is 1. The molecule has 17 heavy (non-hydrogen) atoms. The molecule has 0 saturated carbocycles. The fraction of sp³-hybridized carbons (Fsp3) is 0.231. The van der Waals surface area contributed by atoms with Gasteiger partial charge in [0.2, 0.25) is 0 Å². The molecule has 0 fully saturated rings. The first kappa shape index (κ1) is 9.91. The molecule has 0 aliphatic carbocycles. The summed E-state index contributed by atoms with van der Waals surface area (Å²) in [6, 6.07) is 7.86. The molecule has 0 saturated heterocycles. The van der Waals surface area contributed by atoms with E-state index in [1.165, 1.54) is 0 Å². The average Bonchev–Trinajstić information content (AvgIpc) is 2.93. The van der Waals surface area contributed by atoms with Crippen molar-refractivity contribution in [1.29, 1.82) is 5.26 Å². The number of nitrogens with zero attached hydrogens (tertiary/aromatic N) is 2. The summed E-state index contributed by atoms with van der Waals surface area (Å²) in [5, 5.41) is 13.3. The van der Waals surface area contributed by atoms with E-state index < -0.39 is 0 Å². The molecular formula is C13H12N4. The monoisotopic (exact) mass is 224 g/mol. The van der Waals surface area contributed by atoms with E-state index in [-0.39, 0.29) is 0 Å². The molecule has 4 nitrogen and oxygen atoms in total. The summed E-state index contributed by atoms with van der Waals surface area (Å²) in [6.45, 7) is 3.74. The smallest absolute Gasteiger partial charge is 0.130 e. The Morgan fingerprint density at radius 3 is 3.00 bits per heavy atom. The molecular weight excluding hydrogens is 212 g/mol. The van der Waals surface area contributed by atoms with Crippen LogP contribution in [0.3, 0.4) is 0 Å². The van der Waals surface area contributed by atoms with Gasteiger partial charge >= 0.3 is 0 Å². The highest BCUT2D eigenvalue weighted by atomic mass is 15.1. The third kappa shape index (κ3) is 1.48. The lowest BCUT2D eigenvalue weighted by Crippen LogP contribution is -2.19. The van der Waals surface area contributed by atoms with Crippen LogP contribution >= 0.6 is 0 Å². The summed E-state index contributed by atoms with van der Waals surface area (Å²) in [7, 11) is 0. The number of aryl methyl sites for hydroxylation is 1. The fourth-order valence-electron chi connectivity index (χ4n) is 2.27. The number of nitriles is 1. The van der Waals surface area contributed by atoms with Crippen molar-refractivity contribution >= 4 is 16.7 Å². The summed E-state index contributed by atoms with van der Waals surface area (Å²) in [4.78, 5) is 7.77. The normalized spacial score (nSPS) is 14.5. The van der Waals surface area contributed by atoms with Crippen LogP contribution in [0, 0.1) is 18.3 Å². The molecule has 1 aromatic heterocycles. The number of fused-ring (bicyclic) bond motifs is 1. The molecule has 0 amide bonds. The van der Waals surface area contributed by atoms with Crippen molar-refractivity contribution in [3.8, 4) is 6.07 Å². The average molecular weight is 224 g/mol. The van der Waals surface area contributed by atoms with E-state index in [4.69, 9.17) is 5.26 Å². The van der Waals surface area contributed by atoms with E-state index in [9.17, 15) is 0 Å². The number of amidine groups is 1. The van der Waals surface area contributed by atoms with Gasteiger partial charge in [0.1, 0.15) is 5.84 Å². The van der Waals surface area contributed by atoms with Gasteiger partial charge < -0.3 is 10.3 Å². The van der Waals surface area contributed by atoms with E-state index in [1.807, 2.05) is 25.1 Å². The van der Waals surface area contributed by atoms with Gasteiger partial charge in [-0.3, -0.25) is 4.99 Å². The van der Waals surface area contributed by atoms with E-state index in [2.05, 4.69) is 21.4 Å². The first-order valence-electron chi connectivity index (χ1n) is 5.61. The van der Waals surface area contributed by atoms with Crippen LogP contribution in [0.15, 0.2) is 23.2 Å². The Morgan fingerprint density at radius 1 is 1.41 bits per heavy atom. The van der Waals surface area contributed by atoms with Crippen molar-refractivity contribution in [2.75, 3.05) is 13.1 Å². The first-order valence-corrected chi connectivity index (χ1v) is 5.61. The van der Waals surface area contributed by atoms with Gasteiger partial charge in [-0.1, -0.05) is 0 Å². The number of rotatable bonds is 1. The summed E-state index contributed by atoms with van der Waals surface area (Å²) in [5.74, 6) is 0.934. The summed E-state index contributed by atoms with van der Waals surface area (Å²) in [5.41, 5.74) is 3.90. The molecule has 2 heterocycles. The zero-order valence-electron chi connectivity index (χ0n) is 9.54. The number of hydrogen-bond donors (Lipinski definition) is 2. The minimum Gasteiger partial charge on any atom is -0.368 e. The van der Waals surface area contributed by atoms with Gasteiger partial charge in [-0.05, 0) is 25.1 Å². The number of benzene rings is 1. The highest BCUT2D eigenvalue weighted by Gasteiger charge is 2.16. The molecule has 84 valence electrons. The Hall–Kier alpha value is -2.28. The lowest BCUT2D eigenvalue weighted by molar-refractivity contribution is 0.960. The number of nitrogens with one attached hydrogen (secondary N) is 2. The molecule has 0 unspecified atom stereocenters. The van der Waals surface area contributed by atoms with Gasteiger partial charge in [0.15, 0.2) is 0 Å². The van der Waals surface area contributed by atoms with E-state index >= 15 is 0 Å². The molecule has 1 aliphatic rings. The topological polar surface area (TPSA) is 64.0 Å². The van der Waals surface area contributed by atoms with Gasteiger partial charge in [-0.15, -0.1) is 0 Å². The van der Waals surface area contributed by atoms with Crippen molar-refractivity contribution in [2.45, 2.75) is 6.92 Å². The molecule has 2 aromatic rings. The van der Waals surface area contributed by atoms with Crippen LogP contribution in [0.25, 0.3) is 10.9 Å². The van der Waals surface area contributed by atoms with Crippen LogP contribution in [0.2, 0.25) is 0 Å². The van der Waals surface area contributed by atoms with E-state index in [1.54, 1.807) is 0 Å². The molecule has 0 bridgehead atoms. The van der Waals surface area contributed by atoms with Gasteiger partial charge in [0.25, 0.3) is 0 Å². The highest BCUT2D eigenvalue weighted by molar-refractivity contribution is 6.11. The molecule has 0 radical (unpaired) electrons. The Labute approximate surface area is 99.0 Å². The Balaban J connectivity index is 2.29. The van der Waals surface area contributed by atoms with E-state index in [0.717, 1.165) is 41.1 Å². The second kappa shape index (κ2) is 3.63. The van der Waals surface area contributed by atoms with Crippen LogP contribution < -0.4 is 5.32 Å². The first-order chi connectivity index (χ1) is 8.29. The van der Waals surface area contributed by atoms with Crippen molar-refractivity contribution in [3.05, 3.63) is 35.0 Å². The number of hydrogen-bond acceptors (Lipinski definition) is 3. The third-order valence-corrected chi connectivity index (χ3v) is 3.03. The molecule has 3 rings (SSSR count). The number of aromatic nitrogens is 1. The predicted molar refractivity (Wildman–Crippen MR) is 67.2 cm³/mol. The second-order valence-electron chi connectivity index (χ2n) is 4.15. The molecule has 4 heteroatoms. The quantitative estimate of drug-likeness (QED) is 0.774. The maximum absolute atomic E-state index is 8.95. The van der Waals surface area contributed by atoms with Gasteiger partial charge in [0.05, 0.1) is 18.2 Å². The van der Waals surface area contributed by atoms with Crippen molar-refractivity contribution in [2.24, 2.45) is 4.99 Å². The third-order valence-electron chi connectivity index (χ3n) is 3.03. The summed E-state index contributed by atoms with van der Waals surface area (Å²) in [6.07, 6.45) is 0. The highest BCUT2D eigenvalue weighted by Crippen LogP contribution is 2.24. The van der Waals surface area contributed by atoms with Crippen LogP contribution in [0.4, 0.5) is 0 Å². The van der Waals surface area contributed by atoms with Crippen LogP contribution in [-0.2, 0) is 0 Å². The molecule has 1 aliphatic heterocycles. The van der Waals surface area contributed by atoms with Crippen molar-refractivity contribution < 1.29 is 0 Å². The summed E-state index contributed by atoms with van der Waals surface area (Å²) >= 11 is 0. The predicted octanol–water partition coefficient (Wildman–Crippen LogP) is 1.70. The largest absolute Gasteiger partial charge is 0.368 e. The zero-order valence-corrected chi connectivity index (χ0v) is 9.54. The number of H-pyrrole nitrogens is 1. The molecule has 0 atom stereocenters. The molecule has 0 spiro atoms. The lowest BCUT2D eigenvalue weighted by Gasteiger charge is -2.02. The minimum atomic E-state index is 0.677. The van der Waals surface area contributed by atoms with Crippen LogP contribution in [0.1, 0.15) is 16.8 Å². The van der Waals surface area contributed by atoms with Crippen molar-refractivity contribution in [1.82, 2.24) is 10.3 Å². The van der Waals surface area contributed by atoms with Gasteiger partial charge in [-0.2, -0.15) is 5.26 Å². The zero-order chi connectivity index (χ0) is 11.8. The second-order valence-corrected chi connectivity index (χ2v) is 4.15. The Bertz CT molecular complexity index is 658. The van der Waals surface area contributed by atoms with E-state index in [0.29, 0.717) is 5.56 Å². The Kier molecular flexibility index (Phi) is 2.12. The van der Waals surface area contributed by atoms with Gasteiger partial charge in [0, 0.05) is 28.7 Å². The standard InChI is InChI=1S/C13H12N4/c1-8-12(13-15-4-5-16-13)10-6-9(7-14)2-3-11(10)17-8/h2-3,6,17H,4-5H2,1H3,(H,15,16). The lowest BCUT2D eigenvalue weighted by atomic mass is 10.1. The van der Waals surface area contributed by atoms with Crippen LogP contribution in [-0.4, -0.2) is 23.9 Å². The molecule has 1 aromatic carbocycles. The fourth-order valence-corrected chi connectivity index (χ4v) is 2.27. The van der Waals surface area contributed by atoms with Gasteiger partial charge in [-0.25, -0.2) is 0 Å². The molecule has 2 N–H and O–H groups in total.